The van der Waals surface area contributed by atoms with E-state index in [-0.39, 0.29) is 17.9 Å². The fourth-order valence-electron chi connectivity index (χ4n) is 7.12. The molecule has 2 amide bonds. The van der Waals surface area contributed by atoms with E-state index in [1.165, 1.54) is 18.4 Å². The van der Waals surface area contributed by atoms with Crippen LogP contribution in [0.1, 0.15) is 63.8 Å². The van der Waals surface area contributed by atoms with E-state index in [4.69, 9.17) is 9.47 Å². The number of ether oxygens (including phenoxy) is 2. The van der Waals surface area contributed by atoms with E-state index in [0.717, 1.165) is 55.1 Å². The summed E-state index contributed by atoms with van der Waals surface area (Å²) >= 11 is 0. The first kappa shape index (κ1) is 28.3. The van der Waals surface area contributed by atoms with Crippen LogP contribution in [-0.2, 0) is 17.6 Å². The molecule has 220 valence electrons. The average molecular weight is 568 g/mol. The highest BCUT2D eigenvalue weighted by Crippen LogP contribution is 2.48. The molecule has 3 aromatic carbocycles. The first-order valence-electron chi connectivity index (χ1n) is 15.3. The number of fused-ring (bicyclic) bond motifs is 4. The van der Waals surface area contributed by atoms with E-state index >= 15 is 0 Å². The van der Waals surface area contributed by atoms with Gasteiger partial charge in [-0.25, -0.2) is 0 Å². The minimum absolute atomic E-state index is 0.0178. The van der Waals surface area contributed by atoms with Crippen LogP contribution in [0.2, 0.25) is 0 Å². The lowest BCUT2D eigenvalue weighted by Gasteiger charge is -2.45. The monoisotopic (exact) mass is 567 g/mol. The van der Waals surface area contributed by atoms with Crippen molar-refractivity contribution in [2.24, 2.45) is 5.92 Å². The van der Waals surface area contributed by atoms with Crippen molar-refractivity contribution in [3.8, 4) is 11.5 Å². The van der Waals surface area contributed by atoms with Crippen molar-refractivity contribution < 1.29 is 19.1 Å². The van der Waals surface area contributed by atoms with Crippen molar-refractivity contribution >= 4 is 11.8 Å². The second-order valence-electron chi connectivity index (χ2n) is 11.8. The second-order valence-corrected chi connectivity index (χ2v) is 11.8. The molecule has 0 saturated carbocycles. The van der Waals surface area contributed by atoms with Crippen LogP contribution < -0.4 is 14.8 Å². The number of nitrogens with one attached hydrogen (secondary N) is 1. The van der Waals surface area contributed by atoms with Gasteiger partial charge in [-0.3, -0.25) is 9.59 Å². The summed E-state index contributed by atoms with van der Waals surface area (Å²) in [7, 11) is 3.24. The first-order valence-corrected chi connectivity index (χ1v) is 15.3. The number of carbonyl (C=O) groups excluding carboxylic acids is 2. The third kappa shape index (κ3) is 5.62. The van der Waals surface area contributed by atoms with Gasteiger partial charge in [0.1, 0.15) is 0 Å². The molecule has 0 aromatic heterocycles. The topological polar surface area (TPSA) is 71.1 Å². The molecule has 42 heavy (non-hydrogen) atoms. The normalized spacial score (nSPS) is 20.3. The summed E-state index contributed by atoms with van der Waals surface area (Å²) in [6.45, 7) is 4.38. The number of hydrogen-bond donors (Lipinski definition) is 1. The van der Waals surface area contributed by atoms with Gasteiger partial charge in [-0.1, -0.05) is 48.5 Å². The van der Waals surface area contributed by atoms with Crippen LogP contribution in [0.15, 0.2) is 66.7 Å². The fraction of sp³-hybridized carbons (Fsp3) is 0.429. The lowest BCUT2D eigenvalue weighted by Crippen LogP contribution is -2.50. The van der Waals surface area contributed by atoms with Gasteiger partial charge in [0.2, 0.25) is 5.91 Å². The summed E-state index contributed by atoms with van der Waals surface area (Å²) in [4.78, 5) is 32.0. The summed E-state index contributed by atoms with van der Waals surface area (Å²) in [6, 6.07) is 21.9. The molecule has 1 saturated heterocycles. The number of piperidine rings is 1. The molecule has 7 heteroatoms. The predicted molar refractivity (Wildman–Crippen MR) is 163 cm³/mol. The summed E-state index contributed by atoms with van der Waals surface area (Å²) in [6.07, 6.45) is 5.21. The van der Waals surface area contributed by atoms with Gasteiger partial charge in [-0.2, -0.15) is 0 Å². The number of amides is 2. The van der Waals surface area contributed by atoms with Crippen LogP contribution in [-0.4, -0.2) is 68.6 Å². The van der Waals surface area contributed by atoms with Crippen molar-refractivity contribution in [1.29, 1.82) is 0 Å². The van der Waals surface area contributed by atoms with Crippen LogP contribution >= 0.6 is 0 Å². The smallest absolute Gasteiger partial charge is 0.254 e. The molecule has 3 aromatic rings. The molecule has 0 bridgehead atoms. The van der Waals surface area contributed by atoms with E-state index in [2.05, 4.69) is 40.5 Å². The molecule has 0 radical (unpaired) electrons. The number of benzene rings is 3. The third-order valence-corrected chi connectivity index (χ3v) is 9.33. The van der Waals surface area contributed by atoms with Crippen molar-refractivity contribution in [3.05, 3.63) is 94.5 Å². The van der Waals surface area contributed by atoms with E-state index in [1.807, 2.05) is 41.3 Å². The van der Waals surface area contributed by atoms with Crippen LogP contribution in [0.25, 0.3) is 0 Å². The zero-order valence-electron chi connectivity index (χ0n) is 24.7. The summed E-state index contributed by atoms with van der Waals surface area (Å²) in [5.41, 5.74) is 4.90. The van der Waals surface area contributed by atoms with E-state index in [9.17, 15) is 9.59 Å². The van der Waals surface area contributed by atoms with Gasteiger partial charge in [0.15, 0.2) is 11.5 Å². The minimum atomic E-state index is -0.496. The molecule has 0 aliphatic carbocycles. The van der Waals surface area contributed by atoms with Crippen molar-refractivity contribution in [2.45, 2.75) is 44.1 Å². The standard InChI is InChI=1S/C35H41N3O4/c1-41-30-22-26-15-20-38-33(29(26)23-31(30)42-2)32(27-11-6-7-12-28(27)35(38)40)34(39)36-16-8-17-37-18-13-25(14-19-37)21-24-9-4-3-5-10-24/h3-7,9-12,22-23,25,32-33H,8,13-21H2,1-2H3,(H,36,39)/t32-,33+/m1/s1. The molecule has 3 heterocycles. The van der Waals surface area contributed by atoms with Crippen molar-refractivity contribution in [3.63, 3.8) is 0 Å². The lowest BCUT2D eigenvalue weighted by atomic mass is 9.75. The molecule has 1 N–H and O–H groups in total. The fourth-order valence-corrected chi connectivity index (χ4v) is 7.12. The Morgan fingerprint density at radius 3 is 2.38 bits per heavy atom. The third-order valence-electron chi connectivity index (χ3n) is 9.33. The van der Waals surface area contributed by atoms with Gasteiger partial charge < -0.3 is 24.6 Å². The number of rotatable bonds is 9. The van der Waals surface area contributed by atoms with Crippen LogP contribution in [0.5, 0.6) is 11.5 Å². The van der Waals surface area contributed by atoms with Gasteiger partial charge in [0.25, 0.3) is 5.91 Å². The molecule has 0 unspecified atom stereocenters. The predicted octanol–water partition coefficient (Wildman–Crippen LogP) is 5.00. The van der Waals surface area contributed by atoms with Crippen LogP contribution in [0, 0.1) is 5.92 Å². The first-order chi connectivity index (χ1) is 20.6. The van der Waals surface area contributed by atoms with Gasteiger partial charge in [-0.05, 0) is 98.1 Å². The summed E-state index contributed by atoms with van der Waals surface area (Å²) in [5, 5.41) is 3.24. The van der Waals surface area contributed by atoms with Crippen LogP contribution in [0.4, 0.5) is 0 Å². The maximum atomic E-state index is 14.0. The average Bonchev–Trinajstić information content (AvgIpc) is 3.03. The van der Waals surface area contributed by atoms with Crippen LogP contribution in [0.3, 0.4) is 0 Å². The SMILES string of the molecule is COc1cc2c(cc1OC)[C@H]1[C@H](C(=O)NCCCN3CCC(Cc4ccccc4)CC3)c3ccccc3C(=O)N1CC2. The molecular weight excluding hydrogens is 526 g/mol. The number of methoxy groups -OCH3 is 2. The lowest BCUT2D eigenvalue weighted by molar-refractivity contribution is -0.124. The summed E-state index contributed by atoms with van der Waals surface area (Å²) < 4.78 is 11.2. The van der Waals surface area contributed by atoms with Gasteiger partial charge >= 0.3 is 0 Å². The molecule has 0 spiro atoms. The molecule has 2 atom stereocenters. The number of nitrogens with zero attached hydrogens (tertiary/aromatic N) is 2. The highest BCUT2D eigenvalue weighted by molar-refractivity contribution is 6.01. The zero-order valence-corrected chi connectivity index (χ0v) is 24.7. The number of likely N-dealkylation sites (tertiary alicyclic amines) is 1. The molecule has 7 nitrogen and oxygen atoms in total. The Kier molecular flexibility index (Phi) is 8.47. The van der Waals surface area contributed by atoms with Gasteiger partial charge in [0, 0.05) is 18.7 Å². The largest absolute Gasteiger partial charge is 0.493 e. The Hall–Kier alpha value is -3.84. The molecule has 1 fully saturated rings. The quantitative estimate of drug-likeness (QED) is 0.369. The van der Waals surface area contributed by atoms with Gasteiger partial charge in [0.05, 0.1) is 26.2 Å². The molecule has 3 aliphatic rings. The Bertz CT molecular complexity index is 1420. The Labute approximate surface area is 248 Å². The Balaban J connectivity index is 1.12. The zero-order chi connectivity index (χ0) is 29.1. The second kappa shape index (κ2) is 12.6. The maximum absolute atomic E-state index is 14.0. The maximum Gasteiger partial charge on any atom is 0.254 e. The highest BCUT2D eigenvalue weighted by atomic mass is 16.5. The molecular formula is C35H41N3O4. The number of carbonyl (C=O) groups is 2. The highest BCUT2D eigenvalue weighted by Gasteiger charge is 2.46. The van der Waals surface area contributed by atoms with Gasteiger partial charge in [-0.15, -0.1) is 0 Å². The van der Waals surface area contributed by atoms with E-state index < -0.39 is 5.92 Å². The molecule has 3 aliphatic heterocycles. The van der Waals surface area contributed by atoms with Crippen molar-refractivity contribution in [2.75, 3.05) is 46.9 Å². The van der Waals surface area contributed by atoms with Crippen molar-refractivity contribution in [1.82, 2.24) is 15.1 Å². The Morgan fingerprint density at radius 2 is 1.62 bits per heavy atom. The number of hydrogen-bond acceptors (Lipinski definition) is 5. The minimum Gasteiger partial charge on any atom is -0.493 e. The molecule has 6 rings (SSSR count). The van der Waals surface area contributed by atoms with E-state index in [0.29, 0.717) is 36.6 Å². The summed E-state index contributed by atoms with van der Waals surface area (Å²) in [5.74, 6) is 1.47. The Morgan fingerprint density at radius 1 is 0.905 bits per heavy atom. The van der Waals surface area contributed by atoms with E-state index in [1.54, 1.807) is 14.2 Å².